The molecule has 2 aromatic rings. The van der Waals surface area contributed by atoms with Gasteiger partial charge in [-0.15, -0.1) is 0 Å². The van der Waals surface area contributed by atoms with Crippen LogP contribution in [-0.4, -0.2) is 38.4 Å². The molecule has 0 amide bonds. The largest absolute Gasteiger partial charge is 0.325 e. The first-order chi connectivity index (χ1) is 11.5. The molecule has 1 aliphatic rings. The fourth-order valence-corrected chi connectivity index (χ4v) is 4.26. The van der Waals surface area contributed by atoms with Crippen molar-refractivity contribution in [2.75, 3.05) is 19.6 Å². The summed E-state index contributed by atoms with van der Waals surface area (Å²) in [6, 6.07) is 20.1. The molecule has 3 rings (SSSR count). The molecule has 1 unspecified atom stereocenters. The van der Waals surface area contributed by atoms with Gasteiger partial charge in [0.05, 0.1) is 0 Å². The summed E-state index contributed by atoms with van der Waals surface area (Å²) in [5.41, 5.74) is 8.00. The average Bonchev–Trinajstić information content (AvgIpc) is 2.57. The quantitative estimate of drug-likeness (QED) is 0.798. The fraction of sp³-hybridized carbons (Fsp3) is 0.333. The molecule has 1 atom stereocenters. The van der Waals surface area contributed by atoms with E-state index in [1.807, 2.05) is 48.5 Å². The first-order valence-corrected chi connectivity index (χ1v) is 9.58. The van der Waals surface area contributed by atoms with Crippen LogP contribution < -0.4 is 10.5 Å². The minimum atomic E-state index is -3.45. The molecule has 1 fully saturated rings. The molecular formula is C18H23N3O2S. The summed E-state index contributed by atoms with van der Waals surface area (Å²) in [7, 11) is -3.45. The number of hydrogen-bond acceptors (Lipinski definition) is 3. The van der Waals surface area contributed by atoms with E-state index in [1.54, 1.807) is 0 Å². The number of rotatable bonds is 7. The normalized spacial score (nSPS) is 17.4. The van der Waals surface area contributed by atoms with E-state index in [2.05, 4.69) is 16.9 Å². The standard InChI is InChI=1S/C18H23N3O2S/c19-18-13-21(14-18)24(22,23)20-12-17(16-9-5-2-6-10-16)11-15-7-3-1-4-8-15/h1-10,17-18,20H,11-14,19H2. The number of nitrogens with one attached hydrogen (secondary N) is 1. The van der Waals surface area contributed by atoms with Crippen LogP contribution >= 0.6 is 0 Å². The van der Waals surface area contributed by atoms with Crippen LogP contribution in [0.4, 0.5) is 0 Å². The third-order valence-electron chi connectivity index (χ3n) is 4.32. The Morgan fingerprint density at radius 2 is 1.62 bits per heavy atom. The van der Waals surface area contributed by atoms with Gasteiger partial charge in [-0.3, -0.25) is 0 Å². The van der Waals surface area contributed by atoms with Crippen molar-refractivity contribution in [1.29, 1.82) is 0 Å². The van der Waals surface area contributed by atoms with Crippen LogP contribution in [0.1, 0.15) is 17.0 Å². The van der Waals surface area contributed by atoms with Crippen molar-refractivity contribution in [3.8, 4) is 0 Å². The van der Waals surface area contributed by atoms with Crippen molar-refractivity contribution >= 4 is 10.2 Å². The van der Waals surface area contributed by atoms with Crippen molar-refractivity contribution in [3.05, 3.63) is 71.8 Å². The summed E-state index contributed by atoms with van der Waals surface area (Å²) in [5, 5.41) is 0. The van der Waals surface area contributed by atoms with Gasteiger partial charge in [0.2, 0.25) is 0 Å². The molecule has 1 heterocycles. The Balaban J connectivity index is 1.71. The molecular weight excluding hydrogens is 322 g/mol. The van der Waals surface area contributed by atoms with E-state index in [1.165, 1.54) is 9.87 Å². The van der Waals surface area contributed by atoms with Crippen LogP contribution in [0.15, 0.2) is 60.7 Å². The van der Waals surface area contributed by atoms with Crippen molar-refractivity contribution in [2.24, 2.45) is 5.73 Å². The molecule has 0 aliphatic carbocycles. The van der Waals surface area contributed by atoms with E-state index in [9.17, 15) is 8.42 Å². The highest BCUT2D eigenvalue weighted by Crippen LogP contribution is 2.21. The molecule has 128 valence electrons. The zero-order valence-corrected chi connectivity index (χ0v) is 14.3. The lowest BCUT2D eigenvalue weighted by atomic mass is 9.92. The molecule has 0 aromatic heterocycles. The van der Waals surface area contributed by atoms with Crippen molar-refractivity contribution in [1.82, 2.24) is 9.03 Å². The molecule has 0 radical (unpaired) electrons. The van der Waals surface area contributed by atoms with Gasteiger partial charge in [-0.25, -0.2) is 4.72 Å². The molecule has 0 spiro atoms. The smallest absolute Gasteiger partial charge is 0.279 e. The maximum absolute atomic E-state index is 12.3. The SMILES string of the molecule is NC1CN(S(=O)(=O)NCC(Cc2ccccc2)c2ccccc2)C1. The van der Waals surface area contributed by atoms with Gasteiger partial charge >= 0.3 is 0 Å². The Labute approximate surface area is 143 Å². The predicted octanol–water partition coefficient (Wildman–Crippen LogP) is 1.49. The molecule has 2 aromatic carbocycles. The van der Waals surface area contributed by atoms with E-state index in [0.29, 0.717) is 19.6 Å². The van der Waals surface area contributed by atoms with Gasteiger partial charge in [0.15, 0.2) is 0 Å². The second-order valence-electron chi connectivity index (χ2n) is 6.23. The summed E-state index contributed by atoms with van der Waals surface area (Å²) in [4.78, 5) is 0. The van der Waals surface area contributed by atoms with Gasteiger partial charge in [0.1, 0.15) is 0 Å². The van der Waals surface area contributed by atoms with Crippen molar-refractivity contribution < 1.29 is 8.42 Å². The Bertz CT molecular complexity index is 744. The van der Waals surface area contributed by atoms with Crippen LogP contribution in [0.3, 0.4) is 0 Å². The molecule has 6 heteroatoms. The minimum absolute atomic E-state index is 0.0455. The van der Waals surface area contributed by atoms with E-state index in [-0.39, 0.29) is 12.0 Å². The van der Waals surface area contributed by atoms with Crippen LogP contribution in [0.2, 0.25) is 0 Å². The zero-order chi connectivity index (χ0) is 17.0. The van der Waals surface area contributed by atoms with Crippen LogP contribution in [0.5, 0.6) is 0 Å². The van der Waals surface area contributed by atoms with E-state index in [0.717, 1.165) is 12.0 Å². The Morgan fingerprint density at radius 3 is 2.21 bits per heavy atom. The number of nitrogens with two attached hydrogens (primary N) is 1. The lowest BCUT2D eigenvalue weighted by Crippen LogP contribution is -2.60. The maximum Gasteiger partial charge on any atom is 0.279 e. The molecule has 1 aliphatic heterocycles. The number of benzene rings is 2. The third-order valence-corrected chi connectivity index (χ3v) is 5.83. The average molecular weight is 345 g/mol. The van der Waals surface area contributed by atoms with Gasteiger partial charge < -0.3 is 5.73 Å². The summed E-state index contributed by atoms with van der Waals surface area (Å²) in [6.07, 6.45) is 0.785. The lowest BCUT2D eigenvalue weighted by Gasteiger charge is -2.35. The van der Waals surface area contributed by atoms with Gasteiger partial charge in [-0.05, 0) is 17.5 Å². The van der Waals surface area contributed by atoms with E-state index < -0.39 is 10.2 Å². The molecule has 24 heavy (non-hydrogen) atoms. The Morgan fingerprint density at radius 1 is 1.04 bits per heavy atom. The van der Waals surface area contributed by atoms with Crippen LogP contribution in [0.25, 0.3) is 0 Å². The maximum atomic E-state index is 12.3. The summed E-state index contributed by atoms with van der Waals surface area (Å²) >= 11 is 0. The molecule has 5 nitrogen and oxygen atoms in total. The highest BCUT2D eigenvalue weighted by atomic mass is 32.2. The zero-order valence-electron chi connectivity index (χ0n) is 13.5. The Kier molecular flexibility index (Phi) is 5.30. The van der Waals surface area contributed by atoms with Crippen molar-refractivity contribution in [3.63, 3.8) is 0 Å². The van der Waals surface area contributed by atoms with Crippen LogP contribution in [0, 0.1) is 0 Å². The second-order valence-corrected chi connectivity index (χ2v) is 7.98. The summed E-state index contributed by atoms with van der Waals surface area (Å²) in [6.45, 7) is 1.15. The predicted molar refractivity (Wildman–Crippen MR) is 95.8 cm³/mol. The van der Waals surface area contributed by atoms with Crippen molar-refractivity contribution in [2.45, 2.75) is 18.4 Å². The summed E-state index contributed by atoms with van der Waals surface area (Å²) < 4.78 is 28.7. The summed E-state index contributed by atoms with van der Waals surface area (Å²) in [5.74, 6) is 0.0818. The fourth-order valence-electron chi connectivity index (χ4n) is 2.89. The molecule has 1 saturated heterocycles. The molecule has 0 saturated carbocycles. The van der Waals surface area contributed by atoms with Gasteiger partial charge in [-0.2, -0.15) is 12.7 Å². The van der Waals surface area contributed by atoms with Crippen LogP contribution in [-0.2, 0) is 16.6 Å². The topological polar surface area (TPSA) is 75.4 Å². The molecule has 0 bridgehead atoms. The monoisotopic (exact) mass is 345 g/mol. The lowest BCUT2D eigenvalue weighted by molar-refractivity contribution is 0.261. The third kappa shape index (κ3) is 4.21. The first kappa shape index (κ1) is 17.1. The van der Waals surface area contributed by atoms with Gasteiger partial charge in [0, 0.05) is 31.6 Å². The van der Waals surface area contributed by atoms with E-state index >= 15 is 0 Å². The van der Waals surface area contributed by atoms with Gasteiger partial charge in [-0.1, -0.05) is 60.7 Å². The minimum Gasteiger partial charge on any atom is -0.325 e. The number of hydrogen-bond donors (Lipinski definition) is 2. The molecule has 3 N–H and O–H groups in total. The Hall–Kier alpha value is -1.73. The highest BCUT2D eigenvalue weighted by Gasteiger charge is 2.33. The second kappa shape index (κ2) is 7.44. The first-order valence-electron chi connectivity index (χ1n) is 8.14. The number of nitrogens with zero attached hydrogens (tertiary/aromatic N) is 1. The van der Waals surface area contributed by atoms with E-state index in [4.69, 9.17) is 5.73 Å². The van der Waals surface area contributed by atoms with Gasteiger partial charge in [0.25, 0.3) is 10.2 Å². The highest BCUT2D eigenvalue weighted by molar-refractivity contribution is 7.87.